The topological polar surface area (TPSA) is 30.9 Å². The second kappa shape index (κ2) is 6.79. The average molecular weight is 342 g/mol. The Labute approximate surface area is 149 Å². The quantitative estimate of drug-likeness (QED) is 0.518. The molecule has 3 aliphatic rings. The number of hydrogen-bond acceptors (Lipinski definition) is 2. The van der Waals surface area contributed by atoms with Crippen LogP contribution in [-0.2, 0) is 5.41 Å². The van der Waals surface area contributed by atoms with Crippen LogP contribution in [0.2, 0.25) is 0 Å². The predicted octanol–water partition coefficient (Wildman–Crippen LogP) is 2.38. The minimum atomic E-state index is -0.144. The first-order valence-corrected chi connectivity index (χ1v) is 9.31. The van der Waals surface area contributed by atoms with Crippen LogP contribution in [-0.4, -0.2) is 61.6 Å². The van der Waals surface area contributed by atoms with Crippen molar-refractivity contribution < 1.29 is 4.39 Å². The number of nitrogens with one attached hydrogen (secondary N) is 1. The van der Waals surface area contributed by atoms with Crippen LogP contribution in [0.5, 0.6) is 0 Å². The smallest absolute Gasteiger partial charge is 0.193 e. The predicted molar refractivity (Wildman–Crippen MR) is 99.4 cm³/mol. The molecule has 0 bridgehead atoms. The van der Waals surface area contributed by atoms with Gasteiger partial charge in [0.25, 0.3) is 0 Å². The summed E-state index contributed by atoms with van der Waals surface area (Å²) in [4.78, 5) is 9.39. The summed E-state index contributed by atoms with van der Waals surface area (Å²) < 4.78 is 13.6. The normalized spacial score (nSPS) is 25.6. The van der Waals surface area contributed by atoms with Gasteiger partial charge in [0.15, 0.2) is 5.96 Å². The van der Waals surface area contributed by atoms with Gasteiger partial charge in [-0.1, -0.05) is 24.3 Å². The van der Waals surface area contributed by atoms with Gasteiger partial charge < -0.3 is 10.2 Å². The van der Waals surface area contributed by atoms with Crippen LogP contribution in [0.1, 0.15) is 24.8 Å². The Morgan fingerprint density at radius 2 is 2.12 bits per heavy atom. The molecule has 2 aliphatic heterocycles. The van der Waals surface area contributed by atoms with Gasteiger partial charge in [-0.25, -0.2) is 4.39 Å². The fraction of sp³-hybridized carbons (Fsp3) is 0.550. The molecule has 1 N–H and O–H groups in total. The Hall–Kier alpha value is -1.88. The lowest BCUT2D eigenvalue weighted by molar-refractivity contribution is 0.259. The molecule has 25 heavy (non-hydrogen) atoms. The van der Waals surface area contributed by atoms with E-state index in [2.05, 4.69) is 32.3 Å². The zero-order valence-electron chi connectivity index (χ0n) is 14.9. The van der Waals surface area contributed by atoms with Gasteiger partial charge in [-0.05, 0) is 37.0 Å². The van der Waals surface area contributed by atoms with E-state index in [0.29, 0.717) is 6.04 Å². The largest absolute Gasteiger partial charge is 0.355 e. The molecular formula is C20H27FN4. The van der Waals surface area contributed by atoms with Gasteiger partial charge in [-0.2, -0.15) is 0 Å². The van der Waals surface area contributed by atoms with E-state index in [9.17, 15) is 4.39 Å². The van der Waals surface area contributed by atoms with Gasteiger partial charge >= 0.3 is 0 Å². The third-order valence-electron chi connectivity index (χ3n) is 5.91. The number of rotatable bonds is 4. The first-order valence-electron chi connectivity index (χ1n) is 9.31. The maximum absolute atomic E-state index is 13.6. The molecule has 134 valence electrons. The highest BCUT2D eigenvalue weighted by Gasteiger charge is 2.44. The summed E-state index contributed by atoms with van der Waals surface area (Å²) in [7, 11) is 1.86. The third kappa shape index (κ3) is 3.43. The van der Waals surface area contributed by atoms with E-state index >= 15 is 0 Å². The Kier molecular flexibility index (Phi) is 4.50. The first-order chi connectivity index (χ1) is 12.2. The van der Waals surface area contributed by atoms with E-state index < -0.39 is 0 Å². The highest BCUT2D eigenvalue weighted by molar-refractivity contribution is 5.80. The van der Waals surface area contributed by atoms with Crippen molar-refractivity contribution in [1.29, 1.82) is 0 Å². The summed E-state index contributed by atoms with van der Waals surface area (Å²) in [5.41, 5.74) is 1.19. The van der Waals surface area contributed by atoms with Gasteiger partial charge in [0.1, 0.15) is 5.82 Å². The SMILES string of the molecule is CN=C(NCC1(c2cccc(F)c2)CC1)N1CCC(N2CC=CC2)C1. The molecular weight excluding hydrogens is 315 g/mol. The molecule has 5 heteroatoms. The number of aliphatic imine (C=N–C) groups is 1. The van der Waals surface area contributed by atoms with Crippen LogP contribution < -0.4 is 5.32 Å². The fourth-order valence-corrected chi connectivity index (χ4v) is 4.14. The third-order valence-corrected chi connectivity index (χ3v) is 5.91. The molecule has 0 amide bonds. The number of nitrogens with zero attached hydrogens (tertiary/aromatic N) is 3. The first kappa shape index (κ1) is 16.6. The highest BCUT2D eigenvalue weighted by atomic mass is 19.1. The summed E-state index contributed by atoms with van der Waals surface area (Å²) in [6.07, 6.45) is 7.93. The standard InChI is InChI=1S/C20H27FN4/c1-22-19(25-12-7-18(14-25)24-10-2-3-11-24)23-15-20(8-9-20)16-5-4-6-17(21)13-16/h2-6,13,18H,7-12,14-15H2,1H3,(H,22,23). The summed E-state index contributed by atoms with van der Waals surface area (Å²) >= 11 is 0. The van der Waals surface area contributed by atoms with E-state index in [4.69, 9.17) is 0 Å². The number of likely N-dealkylation sites (tertiary alicyclic amines) is 1. The van der Waals surface area contributed by atoms with E-state index in [1.807, 2.05) is 19.2 Å². The van der Waals surface area contributed by atoms with Gasteiger partial charge in [-0.15, -0.1) is 0 Å². The van der Waals surface area contributed by atoms with Crippen LogP contribution in [0, 0.1) is 5.82 Å². The van der Waals surface area contributed by atoms with Crippen molar-refractivity contribution in [2.24, 2.45) is 4.99 Å². The molecule has 1 atom stereocenters. The zero-order valence-corrected chi connectivity index (χ0v) is 14.9. The van der Waals surface area contributed by atoms with Gasteiger partial charge in [0, 0.05) is 51.2 Å². The van der Waals surface area contributed by atoms with Gasteiger partial charge in [0.05, 0.1) is 0 Å². The lowest BCUT2D eigenvalue weighted by atomic mass is 9.96. The molecule has 0 spiro atoms. The number of benzene rings is 1. The molecule has 4 nitrogen and oxygen atoms in total. The van der Waals surface area contributed by atoms with Crippen molar-refractivity contribution >= 4 is 5.96 Å². The molecule has 2 heterocycles. The molecule has 0 aromatic heterocycles. The van der Waals surface area contributed by atoms with Crippen molar-refractivity contribution in [2.45, 2.75) is 30.7 Å². The van der Waals surface area contributed by atoms with E-state index in [0.717, 1.165) is 57.1 Å². The van der Waals surface area contributed by atoms with Gasteiger partial charge in [-0.3, -0.25) is 9.89 Å². The Balaban J connectivity index is 1.35. The van der Waals surface area contributed by atoms with Crippen molar-refractivity contribution in [3.8, 4) is 0 Å². The minimum absolute atomic E-state index is 0.0794. The van der Waals surface area contributed by atoms with Crippen LogP contribution in [0.4, 0.5) is 4.39 Å². The number of halogens is 1. The molecule has 1 unspecified atom stereocenters. The monoisotopic (exact) mass is 342 g/mol. The van der Waals surface area contributed by atoms with Crippen molar-refractivity contribution in [2.75, 3.05) is 39.8 Å². The van der Waals surface area contributed by atoms with Crippen LogP contribution >= 0.6 is 0 Å². The Morgan fingerprint density at radius 3 is 2.80 bits per heavy atom. The van der Waals surface area contributed by atoms with Gasteiger partial charge in [0.2, 0.25) is 0 Å². The molecule has 1 aromatic rings. The van der Waals surface area contributed by atoms with Crippen LogP contribution in [0.25, 0.3) is 0 Å². The maximum Gasteiger partial charge on any atom is 0.193 e. The van der Waals surface area contributed by atoms with Crippen LogP contribution in [0.15, 0.2) is 41.4 Å². The van der Waals surface area contributed by atoms with E-state index in [1.165, 1.54) is 12.5 Å². The molecule has 1 saturated heterocycles. The minimum Gasteiger partial charge on any atom is -0.355 e. The van der Waals surface area contributed by atoms with Crippen molar-refractivity contribution in [3.05, 3.63) is 47.8 Å². The molecule has 1 aromatic carbocycles. The fourth-order valence-electron chi connectivity index (χ4n) is 4.14. The molecule has 1 aliphatic carbocycles. The highest BCUT2D eigenvalue weighted by Crippen LogP contribution is 2.47. The molecule has 4 rings (SSSR count). The van der Waals surface area contributed by atoms with E-state index in [-0.39, 0.29) is 11.2 Å². The maximum atomic E-state index is 13.6. The number of guanidine groups is 1. The van der Waals surface area contributed by atoms with Crippen LogP contribution in [0.3, 0.4) is 0 Å². The Bertz CT molecular complexity index is 672. The number of hydrogen-bond donors (Lipinski definition) is 1. The summed E-state index contributed by atoms with van der Waals surface area (Å²) in [6, 6.07) is 7.68. The van der Waals surface area contributed by atoms with Crippen molar-refractivity contribution in [1.82, 2.24) is 15.1 Å². The van der Waals surface area contributed by atoms with Crippen molar-refractivity contribution in [3.63, 3.8) is 0 Å². The average Bonchev–Trinajstić information content (AvgIpc) is 3.02. The van der Waals surface area contributed by atoms with E-state index in [1.54, 1.807) is 6.07 Å². The zero-order chi connectivity index (χ0) is 17.3. The Morgan fingerprint density at radius 1 is 1.32 bits per heavy atom. The lowest BCUT2D eigenvalue weighted by Crippen LogP contribution is -2.45. The molecule has 0 radical (unpaired) electrons. The second-order valence-corrected chi connectivity index (χ2v) is 7.51. The summed E-state index contributed by atoms with van der Waals surface area (Å²) in [6.45, 7) is 5.07. The summed E-state index contributed by atoms with van der Waals surface area (Å²) in [5.74, 6) is 0.840. The lowest BCUT2D eigenvalue weighted by Gasteiger charge is -2.26. The molecule has 2 fully saturated rings. The second-order valence-electron chi connectivity index (χ2n) is 7.51. The summed E-state index contributed by atoms with van der Waals surface area (Å²) in [5, 5.41) is 3.56. The molecule has 1 saturated carbocycles.